The molecule has 2 rings (SSSR count). The van der Waals surface area contributed by atoms with Crippen LogP contribution >= 0.6 is 0 Å². The van der Waals surface area contributed by atoms with Crippen molar-refractivity contribution < 1.29 is 63.9 Å². The topological polar surface area (TPSA) is 246 Å². The van der Waals surface area contributed by atoms with Gasteiger partial charge in [0.1, 0.15) is 42.7 Å². The molecular formula is C17H32N2O13. The molecule has 32 heavy (non-hydrogen) atoms. The molecule has 0 aromatic carbocycles. The van der Waals surface area contributed by atoms with E-state index in [0.717, 1.165) is 0 Å². The number of aliphatic hydroxyl groups is 6. The molecule has 188 valence electrons. The van der Waals surface area contributed by atoms with Crippen molar-refractivity contribution >= 4 is 6.09 Å². The molecule has 10 N–H and O–H groups in total. The van der Waals surface area contributed by atoms with Gasteiger partial charge in [-0.05, 0) is 0 Å². The normalized spacial score (nSPS) is 40.2. The molecule has 2 saturated heterocycles. The minimum absolute atomic E-state index is 0.0367. The molecule has 0 radical (unpaired) electrons. The summed E-state index contributed by atoms with van der Waals surface area (Å²) in [5.74, 6) is 0. The zero-order valence-electron chi connectivity index (χ0n) is 17.2. The SMILES string of the molecule is NCCOCCO[C@H]1O[C@@H](CO)[C@@H](O)[C@H](O)[C@@H]1O[C@H]1O[C@H](CO)[C@@H](O)[C@H](OC(N)=O)[C@@H]1O. The van der Waals surface area contributed by atoms with Crippen LogP contribution in [0.25, 0.3) is 0 Å². The summed E-state index contributed by atoms with van der Waals surface area (Å²) >= 11 is 0. The van der Waals surface area contributed by atoms with E-state index in [1.165, 1.54) is 0 Å². The monoisotopic (exact) mass is 472 g/mol. The second kappa shape index (κ2) is 12.9. The molecule has 0 aliphatic carbocycles. The van der Waals surface area contributed by atoms with E-state index in [9.17, 15) is 35.4 Å². The third-order valence-corrected chi connectivity index (χ3v) is 4.96. The van der Waals surface area contributed by atoms with Gasteiger partial charge in [-0.3, -0.25) is 0 Å². The Kier molecular flexibility index (Phi) is 10.9. The van der Waals surface area contributed by atoms with E-state index in [1.54, 1.807) is 0 Å². The highest BCUT2D eigenvalue weighted by molar-refractivity contribution is 5.65. The Morgan fingerprint density at radius 3 is 2.03 bits per heavy atom. The Hall–Kier alpha value is -1.21. The van der Waals surface area contributed by atoms with E-state index >= 15 is 0 Å². The third kappa shape index (κ3) is 6.66. The van der Waals surface area contributed by atoms with Crippen molar-refractivity contribution in [1.29, 1.82) is 0 Å². The van der Waals surface area contributed by atoms with Crippen molar-refractivity contribution in [3.05, 3.63) is 0 Å². The number of aliphatic hydroxyl groups excluding tert-OH is 6. The molecule has 15 heteroatoms. The minimum Gasteiger partial charge on any atom is -0.441 e. The van der Waals surface area contributed by atoms with Gasteiger partial charge in [-0.2, -0.15) is 0 Å². The lowest BCUT2D eigenvalue weighted by Gasteiger charge is -2.46. The average Bonchev–Trinajstić information content (AvgIpc) is 2.76. The highest BCUT2D eigenvalue weighted by atomic mass is 16.8. The first kappa shape index (κ1) is 27.0. The molecule has 0 aromatic rings. The molecule has 2 aliphatic rings. The summed E-state index contributed by atoms with van der Waals surface area (Å²) in [7, 11) is 0. The van der Waals surface area contributed by atoms with E-state index in [2.05, 4.69) is 0 Å². The van der Waals surface area contributed by atoms with E-state index in [4.69, 9.17) is 39.9 Å². The van der Waals surface area contributed by atoms with Gasteiger partial charge in [-0.15, -0.1) is 0 Å². The van der Waals surface area contributed by atoms with Crippen LogP contribution in [0.2, 0.25) is 0 Å². The van der Waals surface area contributed by atoms with Crippen molar-refractivity contribution in [2.45, 2.75) is 61.4 Å². The number of ether oxygens (including phenoxy) is 6. The van der Waals surface area contributed by atoms with Crippen molar-refractivity contribution in [2.75, 3.05) is 39.6 Å². The van der Waals surface area contributed by atoms with Gasteiger partial charge in [-0.25, -0.2) is 4.79 Å². The summed E-state index contributed by atoms with van der Waals surface area (Å²) in [6.07, 6.45) is -16.6. The number of carbonyl (C=O) groups is 1. The Morgan fingerprint density at radius 1 is 0.812 bits per heavy atom. The molecule has 15 nitrogen and oxygen atoms in total. The smallest absolute Gasteiger partial charge is 0.404 e. The van der Waals surface area contributed by atoms with Gasteiger partial charge in [0.05, 0.1) is 33.0 Å². The molecule has 0 aromatic heterocycles. The summed E-state index contributed by atoms with van der Waals surface area (Å²) in [6.45, 7) is -0.711. The van der Waals surface area contributed by atoms with Crippen LogP contribution in [0.4, 0.5) is 4.79 Å². The number of hydrogen-bond donors (Lipinski definition) is 8. The van der Waals surface area contributed by atoms with Crippen molar-refractivity contribution in [1.82, 2.24) is 0 Å². The van der Waals surface area contributed by atoms with Crippen molar-refractivity contribution in [3.8, 4) is 0 Å². The first-order valence-electron chi connectivity index (χ1n) is 10.0. The van der Waals surface area contributed by atoms with Crippen molar-refractivity contribution in [2.24, 2.45) is 11.5 Å². The Balaban J connectivity index is 2.15. The van der Waals surface area contributed by atoms with E-state index in [-0.39, 0.29) is 19.8 Å². The predicted molar refractivity (Wildman–Crippen MR) is 101 cm³/mol. The molecule has 10 atom stereocenters. The lowest BCUT2D eigenvalue weighted by molar-refractivity contribution is -0.367. The van der Waals surface area contributed by atoms with Crippen LogP contribution in [0.5, 0.6) is 0 Å². The number of hydrogen-bond acceptors (Lipinski definition) is 14. The van der Waals surface area contributed by atoms with Crippen LogP contribution in [0.3, 0.4) is 0 Å². The van der Waals surface area contributed by atoms with Gasteiger partial charge < -0.3 is 70.5 Å². The van der Waals surface area contributed by atoms with Crippen LogP contribution in [-0.4, -0.2) is 138 Å². The maximum Gasteiger partial charge on any atom is 0.404 e. The van der Waals surface area contributed by atoms with Gasteiger partial charge in [0, 0.05) is 6.54 Å². The van der Waals surface area contributed by atoms with Crippen LogP contribution in [0.1, 0.15) is 0 Å². The largest absolute Gasteiger partial charge is 0.441 e. The summed E-state index contributed by atoms with van der Waals surface area (Å²) in [5.41, 5.74) is 10.3. The number of nitrogens with two attached hydrogens (primary N) is 2. The fourth-order valence-corrected chi connectivity index (χ4v) is 3.34. The number of rotatable bonds is 11. The highest BCUT2D eigenvalue weighted by Crippen LogP contribution is 2.30. The molecular weight excluding hydrogens is 440 g/mol. The average molecular weight is 472 g/mol. The highest BCUT2D eigenvalue weighted by Gasteiger charge is 2.52. The minimum atomic E-state index is -1.80. The second-order valence-corrected chi connectivity index (χ2v) is 7.19. The summed E-state index contributed by atoms with van der Waals surface area (Å²) in [6, 6.07) is 0. The Labute approximate surface area is 183 Å². The van der Waals surface area contributed by atoms with Gasteiger partial charge in [-0.1, -0.05) is 0 Å². The molecule has 0 bridgehead atoms. The lowest BCUT2D eigenvalue weighted by Crippen LogP contribution is -2.65. The van der Waals surface area contributed by atoms with Gasteiger partial charge >= 0.3 is 6.09 Å². The first-order chi connectivity index (χ1) is 15.2. The van der Waals surface area contributed by atoms with Crippen LogP contribution in [-0.2, 0) is 28.4 Å². The van der Waals surface area contributed by atoms with Crippen LogP contribution < -0.4 is 11.5 Å². The fourth-order valence-electron chi connectivity index (χ4n) is 3.34. The molecule has 2 fully saturated rings. The zero-order valence-corrected chi connectivity index (χ0v) is 17.2. The zero-order chi connectivity index (χ0) is 23.8. The standard InChI is InChI=1S/C17H32N2O13/c18-1-2-27-3-4-28-16-14(11(24)9(22)7(5-20)30-16)31-15-12(25)13(32-17(19)26)10(23)8(6-21)29-15/h7-16,20-25H,1-6,18H2,(H2,19,26)/t7-,8+,9+,10+,11-,12-,13-,14-,15+,16-/m0/s1. The van der Waals surface area contributed by atoms with E-state index in [0.29, 0.717) is 6.54 Å². The third-order valence-electron chi connectivity index (χ3n) is 4.96. The number of carbonyl (C=O) groups excluding carboxylic acids is 1. The Bertz CT molecular complexity index is 573. The number of amides is 1. The molecule has 1 amide bonds. The lowest BCUT2D eigenvalue weighted by atomic mass is 9.97. The molecule has 0 unspecified atom stereocenters. The van der Waals surface area contributed by atoms with E-state index < -0.39 is 80.7 Å². The Morgan fingerprint density at radius 2 is 1.44 bits per heavy atom. The first-order valence-corrected chi connectivity index (χ1v) is 10.0. The molecule has 0 spiro atoms. The van der Waals surface area contributed by atoms with Gasteiger partial charge in [0.15, 0.2) is 18.7 Å². The summed E-state index contributed by atoms with van der Waals surface area (Å²) < 4.78 is 31.7. The van der Waals surface area contributed by atoms with Crippen LogP contribution in [0.15, 0.2) is 0 Å². The van der Waals surface area contributed by atoms with Gasteiger partial charge in [0.2, 0.25) is 0 Å². The number of primary amides is 1. The van der Waals surface area contributed by atoms with Gasteiger partial charge in [0.25, 0.3) is 0 Å². The van der Waals surface area contributed by atoms with E-state index in [1.807, 2.05) is 0 Å². The second-order valence-electron chi connectivity index (χ2n) is 7.19. The maximum absolute atomic E-state index is 11.1. The maximum atomic E-state index is 11.1. The molecule has 2 aliphatic heterocycles. The van der Waals surface area contributed by atoms with Crippen molar-refractivity contribution in [3.63, 3.8) is 0 Å². The predicted octanol–water partition coefficient (Wildman–Crippen LogP) is -5.29. The van der Waals surface area contributed by atoms with Crippen LogP contribution in [0, 0.1) is 0 Å². The quantitative estimate of drug-likeness (QED) is 0.131. The molecule has 0 saturated carbocycles. The summed E-state index contributed by atoms with van der Waals surface area (Å²) in [5, 5.41) is 60.2. The summed E-state index contributed by atoms with van der Waals surface area (Å²) in [4.78, 5) is 11.1. The molecule has 2 heterocycles. The fraction of sp³-hybridized carbons (Fsp3) is 0.941.